The summed E-state index contributed by atoms with van der Waals surface area (Å²) in [4.78, 5) is 70.1. The number of morpholine rings is 2. The van der Waals surface area contributed by atoms with Crippen molar-refractivity contribution in [2.45, 2.75) is 38.5 Å². The number of amides is 3. The molecule has 302 valence electrons. The third-order valence-corrected chi connectivity index (χ3v) is 10.6. The van der Waals surface area contributed by atoms with E-state index in [1.807, 2.05) is 9.80 Å². The van der Waals surface area contributed by atoms with Gasteiger partial charge in [-0.2, -0.15) is 0 Å². The van der Waals surface area contributed by atoms with E-state index in [4.69, 9.17) is 24.0 Å². The molecule has 6 rings (SSSR count). The molecule has 3 amide bonds. The predicted molar refractivity (Wildman–Crippen MR) is 215 cm³/mol. The zero-order valence-electron chi connectivity index (χ0n) is 33.1. The van der Waals surface area contributed by atoms with Crippen LogP contribution in [-0.2, 0) is 20.5 Å². The van der Waals surface area contributed by atoms with Gasteiger partial charge < -0.3 is 43.6 Å². The number of anilines is 2. The number of hydrogen-bond acceptors (Lipinski definition) is 13. The number of nitrogens with two attached hydrogens (primary N) is 1. The summed E-state index contributed by atoms with van der Waals surface area (Å²) in [5.74, 6) is -0.410. The van der Waals surface area contributed by atoms with Gasteiger partial charge in [-0.3, -0.25) is 28.7 Å². The molecule has 4 heterocycles. The van der Waals surface area contributed by atoms with E-state index in [-0.39, 0.29) is 50.8 Å². The smallest absolute Gasteiger partial charge is 0.266 e. The Bertz CT molecular complexity index is 2270. The maximum atomic E-state index is 13.0. The van der Waals surface area contributed by atoms with Crippen LogP contribution in [0.15, 0.2) is 54.8 Å². The standard InChI is InChI=1S/C21H27N3O6S.C18H23N3O4/c1-21(2,3)31(28)22-19(26)15-11-13(20(27)23(4)5)10-14-16(25)12-17(30-18(14)15)24-6-8-29-9-7-24;1-11(19)13-8-12(18(23)20(2)3)9-14-15(22)10-16(25-17(13)14)21-4-6-24-7-5-21/h10-12H,6-9H2,1-5H3,(H,22,26);8-11H,4-7,19H2,1-3H3/t31-;/m1./s1. The molecule has 2 saturated heterocycles. The number of ether oxygens (including phenoxy) is 2. The predicted octanol–water partition coefficient (Wildman–Crippen LogP) is 2.87. The summed E-state index contributed by atoms with van der Waals surface area (Å²) < 4.78 is 36.9. The molecule has 56 heavy (non-hydrogen) atoms. The van der Waals surface area contributed by atoms with Crippen molar-refractivity contribution in [1.82, 2.24) is 14.5 Å². The molecule has 0 spiro atoms. The minimum Gasteiger partial charge on any atom is -0.440 e. The Morgan fingerprint density at radius 2 is 1.16 bits per heavy atom. The molecular formula is C39H50N6O10S. The van der Waals surface area contributed by atoms with Crippen LogP contribution in [0.4, 0.5) is 11.8 Å². The first-order chi connectivity index (χ1) is 26.4. The van der Waals surface area contributed by atoms with Crippen LogP contribution in [0.3, 0.4) is 0 Å². The molecule has 0 bridgehead atoms. The highest BCUT2D eigenvalue weighted by molar-refractivity contribution is 7.85. The second-order valence-electron chi connectivity index (χ2n) is 14.9. The van der Waals surface area contributed by atoms with E-state index in [1.165, 1.54) is 34.1 Å². The summed E-state index contributed by atoms with van der Waals surface area (Å²) in [6.07, 6.45) is 0. The minimum atomic E-state index is -1.69. The van der Waals surface area contributed by atoms with Gasteiger partial charge in [0, 0.05) is 89.2 Å². The summed E-state index contributed by atoms with van der Waals surface area (Å²) in [6, 6.07) is 8.53. The largest absolute Gasteiger partial charge is 0.440 e. The molecule has 2 aliphatic heterocycles. The van der Waals surface area contributed by atoms with Crippen LogP contribution in [0.25, 0.3) is 21.9 Å². The van der Waals surface area contributed by atoms with Crippen LogP contribution in [0, 0.1) is 0 Å². The number of carbonyl (C=O) groups excluding carboxylic acids is 3. The molecule has 17 heteroatoms. The molecule has 2 aliphatic rings. The molecule has 3 N–H and O–H groups in total. The fraction of sp³-hybridized carbons (Fsp3) is 0.462. The van der Waals surface area contributed by atoms with Crippen LogP contribution in [0.5, 0.6) is 0 Å². The Balaban J connectivity index is 0.000000219. The fourth-order valence-corrected chi connectivity index (χ4v) is 6.54. The number of carbonyl (C=O) groups is 3. The number of nitrogens with one attached hydrogen (secondary N) is 1. The maximum Gasteiger partial charge on any atom is 0.266 e. The highest BCUT2D eigenvalue weighted by Crippen LogP contribution is 2.29. The summed E-state index contributed by atoms with van der Waals surface area (Å²) >= 11 is 0. The zero-order chi connectivity index (χ0) is 41.1. The van der Waals surface area contributed by atoms with E-state index >= 15 is 0 Å². The molecular weight excluding hydrogens is 745 g/mol. The molecule has 0 aliphatic carbocycles. The van der Waals surface area contributed by atoms with Gasteiger partial charge in [0.05, 0.1) is 47.5 Å². The Hall–Kier alpha value is -5.10. The summed E-state index contributed by atoms with van der Waals surface area (Å²) in [5.41, 5.74) is 7.24. The average molecular weight is 795 g/mol. The van der Waals surface area contributed by atoms with Gasteiger partial charge >= 0.3 is 0 Å². The van der Waals surface area contributed by atoms with E-state index < -0.39 is 21.6 Å². The lowest BCUT2D eigenvalue weighted by molar-refractivity contribution is 0.0820. The Morgan fingerprint density at radius 1 is 0.732 bits per heavy atom. The van der Waals surface area contributed by atoms with Crippen LogP contribution < -0.4 is 31.1 Å². The van der Waals surface area contributed by atoms with Gasteiger partial charge in [-0.05, 0) is 52.0 Å². The third-order valence-electron chi connectivity index (χ3n) is 9.09. The first-order valence-corrected chi connectivity index (χ1v) is 19.3. The molecule has 2 atom stereocenters. The quantitative estimate of drug-likeness (QED) is 0.277. The lowest BCUT2D eigenvalue weighted by Crippen LogP contribution is -2.37. The SMILES string of the molecule is CC(N)c1cc(C(=O)N(C)C)cc2c(=O)cc(N3CCOCC3)oc12.CN(C)C(=O)c1cc(C(=O)N[S@](=O)C(C)(C)C)c2oc(N3CCOCC3)cc(=O)c2c1. The third kappa shape index (κ3) is 9.46. The average Bonchev–Trinajstić information content (AvgIpc) is 3.16. The van der Waals surface area contributed by atoms with Gasteiger partial charge in [-0.25, -0.2) is 4.21 Å². The minimum absolute atomic E-state index is 0.0208. The van der Waals surface area contributed by atoms with Gasteiger partial charge in [0.1, 0.15) is 16.6 Å². The first kappa shape index (κ1) is 42.1. The van der Waals surface area contributed by atoms with E-state index in [1.54, 1.807) is 68.0 Å². The number of hydrogen-bond donors (Lipinski definition) is 2. The van der Waals surface area contributed by atoms with E-state index in [2.05, 4.69) is 4.72 Å². The van der Waals surface area contributed by atoms with E-state index in [0.717, 1.165) is 0 Å². The van der Waals surface area contributed by atoms with Crippen molar-refractivity contribution in [1.29, 1.82) is 0 Å². The molecule has 2 aromatic heterocycles. The van der Waals surface area contributed by atoms with Crippen LogP contribution in [-0.4, -0.2) is 117 Å². The fourth-order valence-electron chi connectivity index (χ4n) is 5.96. The summed E-state index contributed by atoms with van der Waals surface area (Å²) in [6.45, 7) is 11.6. The monoisotopic (exact) mass is 794 g/mol. The van der Waals surface area contributed by atoms with Crippen molar-refractivity contribution in [3.05, 3.63) is 79.1 Å². The summed E-state index contributed by atoms with van der Waals surface area (Å²) in [7, 11) is 4.79. The highest BCUT2D eigenvalue weighted by atomic mass is 32.2. The lowest BCUT2D eigenvalue weighted by atomic mass is 10.0. The topological polar surface area (TPSA) is 198 Å². The molecule has 0 saturated carbocycles. The van der Waals surface area contributed by atoms with Crippen molar-refractivity contribution < 1.29 is 36.9 Å². The Morgan fingerprint density at radius 3 is 1.59 bits per heavy atom. The van der Waals surface area contributed by atoms with Crippen molar-refractivity contribution >= 4 is 62.4 Å². The molecule has 2 aromatic carbocycles. The molecule has 1 unspecified atom stereocenters. The van der Waals surface area contributed by atoms with E-state index in [0.29, 0.717) is 86.5 Å². The van der Waals surface area contributed by atoms with Crippen LogP contribution >= 0.6 is 0 Å². The normalized spacial score (nSPS) is 15.8. The highest BCUT2D eigenvalue weighted by Gasteiger charge is 2.27. The van der Waals surface area contributed by atoms with Crippen LogP contribution in [0.2, 0.25) is 0 Å². The van der Waals surface area contributed by atoms with Gasteiger partial charge in [0.15, 0.2) is 28.2 Å². The molecule has 0 radical (unpaired) electrons. The van der Waals surface area contributed by atoms with Gasteiger partial charge in [-0.15, -0.1) is 0 Å². The second kappa shape index (κ2) is 17.4. The molecule has 2 fully saturated rings. The Kier molecular flexibility index (Phi) is 13.0. The van der Waals surface area contributed by atoms with E-state index in [9.17, 15) is 28.2 Å². The van der Waals surface area contributed by atoms with Gasteiger partial charge in [-0.1, -0.05) is 0 Å². The van der Waals surface area contributed by atoms with Crippen molar-refractivity contribution in [2.24, 2.45) is 5.73 Å². The van der Waals surface area contributed by atoms with Crippen molar-refractivity contribution in [3.8, 4) is 0 Å². The maximum absolute atomic E-state index is 13.0. The number of rotatable bonds is 7. The van der Waals surface area contributed by atoms with Gasteiger partial charge in [0.2, 0.25) is 0 Å². The van der Waals surface area contributed by atoms with Crippen molar-refractivity contribution in [2.75, 3.05) is 90.6 Å². The number of fused-ring (bicyclic) bond motifs is 2. The molecule has 4 aromatic rings. The summed E-state index contributed by atoms with van der Waals surface area (Å²) in [5, 5.41) is 0.480. The number of nitrogens with zero attached hydrogens (tertiary/aromatic N) is 4. The van der Waals surface area contributed by atoms with Gasteiger partial charge in [0.25, 0.3) is 17.7 Å². The first-order valence-electron chi connectivity index (χ1n) is 18.2. The lowest BCUT2D eigenvalue weighted by Gasteiger charge is -2.27. The Labute approximate surface area is 327 Å². The number of benzene rings is 2. The zero-order valence-corrected chi connectivity index (χ0v) is 33.9. The van der Waals surface area contributed by atoms with Crippen molar-refractivity contribution in [3.63, 3.8) is 0 Å². The molecule has 16 nitrogen and oxygen atoms in total. The second-order valence-corrected chi connectivity index (χ2v) is 16.9. The van der Waals surface area contributed by atoms with Crippen LogP contribution in [0.1, 0.15) is 70.4 Å².